The van der Waals surface area contributed by atoms with Crippen molar-refractivity contribution in [2.45, 2.75) is 64.2 Å². The van der Waals surface area contributed by atoms with Crippen LogP contribution in [0.15, 0.2) is 101 Å². The van der Waals surface area contributed by atoms with Crippen molar-refractivity contribution in [1.82, 2.24) is 9.80 Å². The molecule has 1 aromatic heterocycles. The summed E-state index contributed by atoms with van der Waals surface area (Å²) in [4.78, 5) is 18.0. The lowest BCUT2D eigenvalue weighted by Gasteiger charge is -2.34. The molecule has 1 amide bonds. The van der Waals surface area contributed by atoms with Crippen LogP contribution >= 0.6 is 0 Å². The van der Waals surface area contributed by atoms with Crippen molar-refractivity contribution < 1.29 is 13.6 Å². The number of amides is 1. The molecule has 0 N–H and O–H groups in total. The van der Waals surface area contributed by atoms with E-state index in [9.17, 15) is 9.18 Å². The molecule has 1 heterocycles. The number of halogens is 1. The third kappa shape index (κ3) is 7.67. The summed E-state index contributed by atoms with van der Waals surface area (Å²) >= 11 is 0. The molecule has 0 spiro atoms. The maximum Gasteiger partial charge on any atom is 0.289 e. The Morgan fingerprint density at radius 3 is 2.05 bits per heavy atom. The molecule has 0 bridgehead atoms. The molecule has 3 aromatic carbocycles. The highest BCUT2D eigenvalue weighted by atomic mass is 19.1. The van der Waals surface area contributed by atoms with E-state index < -0.39 is 0 Å². The second-order valence-corrected chi connectivity index (χ2v) is 10.5. The van der Waals surface area contributed by atoms with Crippen molar-refractivity contribution in [3.05, 3.63) is 131 Å². The lowest BCUT2D eigenvalue weighted by Crippen LogP contribution is -2.35. The molecule has 1 fully saturated rings. The first-order valence-electron chi connectivity index (χ1n) is 14.1. The Morgan fingerprint density at radius 2 is 1.36 bits per heavy atom. The number of benzene rings is 3. The predicted molar refractivity (Wildman–Crippen MR) is 153 cm³/mol. The summed E-state index contributed by atoms with van der Waals surface area (Å²) < 4.78 is 19.7. The minimum Gasteiger partial charge on any atom is -0.455 e. The highest BCUT2D eigenvalue weighted by molar-refractivity contribution is 5.91. The van der Waals surface area contributed by atoms with E-state index in [1.165, 1.54) is 37.0 Å². The van der Waals surface area contributed by atoms with Crippen LogP contribution in [0, 0.1) is 5.82 Å². The molecular formula is C34H37FN2O2. The minimum absolute atomic E-state index is 0.0937. The van der Waals surface area contributed by atoms with E-state index in [-0.39, 0.29) is 11.7 Å². The molecule has 202 valence electrons. The van der Waals surface area contributed by atoms with Gasteiger partial charge in [0.1, 0.15) is 11.6 Å². The van der Waals surface area contributed by atoms with Crippen molar-refractivity contribution >= 4 is 5.91 Å². The summed E-state index contributed by atoms with van der Waals surface area (Å²) in [7, 11) is 0. The predicted octanol–water partition coefficient (Wildman–Crippen LogP) is 7.64. The molecule has 4 aromatic rings. The zero-order chi connectivity index (χ0) is 26.9. The van der Waals surface area contributed by atoms with Crippen LogP contribution in [-0.2, 0) is 26.1 Å². The van der Waals surface area contributed by atoms with Crippen molar-refractivity contribution in [1.29, 1.82) is 0 Å². The second-order valence-electron chi connectivity index (χ2n) is 10.5. The SMILES string of the molecule is O=C(c1ccc(CN(Cc2ccc(F)cc2)C2CCCCC2)o1)N(CCc1ccccc1)Cc1ccccc1. The molecule has 0 unspecified atom stereocenters. The summed E-state index contributed by atoms with van der Waals surface area (Å²) in [6, 6.07) is 31.3. The fourth-order valence-corrected chi connectivity index (χ4v) is 5.48. The van der Waals surface area contributed by atoms with Crippen molar-refractivity contribution in [2.75, 3.05) is 6.54 Å². The minimum atomic E-state index is -0.218. The largest absolute Gasteiger partial charge is 0.455 e. The number of rotatable bonds is 11. The average molecular weight is 525 g/mol. The van der Waals surface area contributed by atoms with Gasteiger partial charge in [-0.2, -0.15) is 0 Å². The van der Waals surface area contributed by atoms with Crippen LogP contribution in [0.2, 0.25) is 0 Å². The van der Waals surface area contributed by atoms with Gasteiger partial charge >= 0.3 is 0 Å². The smallest absolute Gasteiger partial charge is 0.289 e. The summed E-state index contributed by atoms with van der Waals surface area (Å²) in [6.07, 6.45) is 6.81. The van der Waals surface area contributed by atoms with E-state index in [0.717, 1.165) is 42.7 Å². The van der Waals surface area contributed by atoms with Gasteiger partial charge < -0.3 is 9.32 Å². The molecule has 0 saturated heterocycles. The van der Waals surface area contributed by atoms with Gasteiger partial charge in [0.2, 0.25) is 0 Å². The number of carbonyl (C=O) groups excluding carboxylic acids is 1. The summed E-state index contributed by atoms with van der Waals surface area (Å²) in [5, 5.41) is 0. The number of hydrogen-bond acceptors (Lipinski definition) is 3. The molecule has 0 atom stereocenters. The Kier molecular flexibility index (Phi) is 9.23. The van der Waals surface area contributed by atoms with Gasteiger partial charge in [-0.25, -0.2) is 4.39 Å². The summed E-state index contributed by atoms with van der Waals surface area (Å²) in [6.45, 7) is 2.48. The van der Waals surface area contributed by atoms with Gasteiger partial charge in [0, 0.05) is 25.7 Å². The van der Waals surface area contributed by atoms with Gasteiger partial charge in [-0.15, -0.1) is 0 Å². The summed E-state index contributed by atoms with van der Waals surface area (Å²) in [5.41, 5.74) is 3.38. The third-order valence-electron chi connectivity index (χ3n) is 7.64. The standard InChI is InChI=1S/C34H37FN2O2/c35-30-18-16-29(17-19-30)25-37(31-14-8-3-9-15-31)26-32-20-21-33(39-32)34(38)36(24-28-12-6-2-7-13-28)23-22-27-10-4-1-5-11-27/h1-2,4-7,10-13,16-21,31H,3,8-9,14-15,22-26H2. The van der Waals surface area contributed by atoms with Crippen molar-refractivity contribution in [3.63, 3.8) is 0 Å². The number of carbonyl (C=O) groups is 1. The highest BCUT2D eigenvalue weighted by Crippen LogP contribution is 2.26. The summed E-state index contributed by atoms with van der Waals surface area (Å²) in [5.74, 6) is 0.849. The maximum atomic E-state index is 13.7. The Morgan fingerprint density at radius 1 is 0.718 bits per heavy atom. The van der Waals surface area contributed by atoms with Crippen molar-refractivity contribution in [2.24, 2.45) is 0 Å². The molecule has 0 aliphatic heterocycles. The molecule has 39 heavy (non-hydrogen) atoms. The fourth-order valence-electron chi connectivity index (χ4n) is 5.48. The van der Waals surface area contributed by atoms with Crippen LogP contribution in [0.3, 0.4) is 0 Å². The van der Waals surface area contributed by atoms with Crippen LogP contribution in [0.5, 0.6) is 0 Å². The van der Waals surface area contributed by atoms with Crippen molar-refractivity contribution in [3.8, 4) is 0 Å². The number of furan rings is 1. The van der Waals surface area contributed by atoms with E-state index in [2.05, 4.69) is 17.0 Å². The van der Waals surface area contributed by atoms with Crippen LogP contribution in [0.25, 0.3) is 0 Å². The molecule has 5 rings (SSSR count). The molecule has 1 aliphatic carbocycles. The van der Waals surface area contributed by atoms with Gasteiger partial charge in [-0.3, -0.25) is 9.69 Å². The van der Waals surface area contributed by atoms with Crippen LogP contribution in [0.1, 0.15) is 65.1 Å². The van der Waals surface area contributed by atoms with E-state index in [1.807, 2.05) is 77.7 Å². The topological polar surface area (TPSA) is 36.7 Å². The van der Waals surface area contributed by atoms with Crippen LogP contribution < -0.4 is 0 Å². The Hall–Kier alpha value is -3.70. The van der Waals surface area contributed by atoms with E-state index in [0.29, 0.717) is 31.4 Å². The van der Waals surface area contributed by atoms with Gasteiger partial charge in [-0.1, -0.05) is 92.1 Å². The lowest BCUT2D eigenvalue weighted by atomic mass is 9.93. The van der Waals surface area contributed by atoms with Gasteiger partial charge in [0.05, 0.1) is 6.54 Å². The molecule has 1 saturated carbocycles. The first kappa shape index (κ1) is 26.9. The quantitative estimate of drug-likeness (QED) is 0.202. The first-order chi connectivity index (χ1) is 19.1. The number of nitrogens with zero attached hydrogens (tertiary/aromatic N) is 2. The normalized spacial score (nSPS) is 14.0. The van der Waals surface area contributed by atoms with Gasteiger partial charge in [0.25, 0.3) is 5.91 Å². The second kappa shape index (κ2) is 13.4. The molecule has 4 nitrogen and oxygen atoms in total. The monoisotopic (exact) mass is 524 g/mol. The average Bonchev–Trinajstić information content (AvgIpc) is 3.46. The first-order valence-corrected chi connectivity index (χ1v) is 14.1. The lowest BCUT2D eigenvalue weighted by molar-refractivity contribution is 0.0705. The van der Waals surface area contributed by atoms with E-state index in [1.54, 1.807) is 0 Å². The Labute approximate surface area is 231 Å². The zero-order valence-corrected chi connectivity index (χ0v) is 22.5. The van der Waals surface area contributed by atoms with Crippen LogP contribution in [0.4, 0.5) is 4.39 Å². The highest BCUT2D eigenvalue weighted by Gasteiger charge is 2.24. The zero-order valence-electron chi connectivity index (χ0n) is 22.5. The van der Waals surface area contributed by atoms with Gasteiger partial charge in [0.15, 0.2) is 5.76 Å². The molecule has 5 heteroatoms. The third-order valence-corrected chi connectivity index (χ3v) is 7.64. The van der Waals surface area contributed by atoms with Gasteiger partial charge in [-0.05, 0) is 60.2 Å². The number of hydrogen-bond donors (Lipinski definition) is 0. The molecular weight excluding hydrogens is 487 g/mol. The Balaban J connectivity index is 1.31. The maximum absolute atomic E-state index is 13.7. The fraction of sp³-hybridized carbons (Fsp3) is 0.324. The van der Waals surface area contributed by atoms with E-state index >= 15 is 0 Å². The molecule has 1 aliphatic rings. The molecule has 0 radical (unpaired) electrons. The van der Waals surface area contributed by atoms with E-state index in [4.69, 9.17) is 4.42 Å². The Bertz CT molecular complexity index is 1300. The van der Waals surface area contributed by atoms with Crippen LogP contribution in [-0.4, -0.2) is 28.3 Å².